The Kier molecular flexibility index (Phi) is 1.76. The van der Waals surface area contributed by atoms with Crippen LogP contribution in [0.4, 0.5) is 0 Å². The zero-order chi connectivity index (χ0) is 6.85. The summed E-state index contributed by atoms with van der Waals surface area (Å²) in [5.74, 6) is 0.421. The van der Waals surface area contributed by atoms with Gasteiger partial charge in [-0.3, -0.25) is 0 Å². The lowest BCUT2D eigenvalue weighted by atomic mass is 10.1. The van der Waals surface area contributed by atoms with Crippen molar-refractivity contribution in [2.45, 2.75) is 13.8 Å². The van der Waals surface area contributed by atoms with E-state index in [0.29, 0.717) is 11.1 Å². The van der Waals surface area contributed by atoms with Crippen LogP contribution in [0.1, 0.15) is 13.8 Å². The van der Waals surface area contributed by atoms with E-state index >= 15 is 0 Å². The van der Waals surface area contributed by atoms with Gasteiger partial charge in [-0.05, 0) is 5.92 Å². The van der Waals surface area contributed by atoms with Crippen LogP contribution in [0.3, 0.4) is 0 Å². The maximum Gasteiger partial charge on any atom is 0.153 e. The summed E-state index contributed by atoms with van der Waals surface area (Å²) in [6.45, 7) is 4.11. The molecule has 0 saturated heterocycles. The van der Waals surface area contributed by atoms with Gasteiger partial charge in [0.25, 0.3) is 0 Å². The van der Waals surface area contributed by atoms with Gasteiger partial charge in [0.15, 0.2) is 5.16 Å². The Balaban J connectivity index is 2.64. The summed E-state index contributed by atoms with van der Waals surface area (Å²) < 4.78 is 0. The van der Waals surface area contributed by atoms with Crippen molar-refractivity contribution in [3.8, 4) is 0 Å². The smallest absolute Gasteiger partial charge is 0.153 e. The molecule has 1 radical (unpaired) electrons. The summed E-state index contributed by atoms with van der Waals surface area (Å²) in [6.07, 6.45) is 1.78. The van der Waals surface area contributed by atoms with E-state index in [1.54, 1.807) is 6.08 Å². The molecular formula is C6H8ClN2. The summed E-state index contributed by atoms with van der Waals surface area (Å²) in [6, 6.07) is 0. The average Bonchev–Trinajstić information content (AvgIpc) is 2.14. The molecular weight excluding hydrogens is 136 g/mol. The molecule has 49 valence electrons. The number of hydrogen-bond donors (Lipinski definition) is 0. The highest BCUT2D eigenvalue weighted by Gasteiger charge is 2.09. The molecule has 2 nitrogen and oxygen atoms in total. The van der Waals surface area contributed by atoms with Crippen LogP contribution in [-0.2, 0) is 0 Å². The van der Waals surface area contributed by atoms with Crippen LogP contribution in [-0.4, -0.2) is 5.71 Å². The molecule has 9 heavy (non-hydrogen) atoms. The summed E-state index contributed by atoms with van der Waals surface area (Å²) in [4.78, 5) is 0. The Hall–Kier alpha value is -0.500. The quantitative estimate of drug-likeness (QED) is 0.500. The standard InChI is InChI=1S/C6H8ClN2/c1-4(2)5-3-6(7)9-8-5/h3-4H,1-2H3. The minimum absolute atomic E-state index is 0.421. The van der Waals surface area contributed by atoms with Gasteiger partial charge >= 0.3 is 0 Å². The molecule has 0 atom stereocenters. The third-order valence-corrected chi connectivity index (χ3v) is 1.30. The Morgan fingerprint density at radius 1 is 1.56 bits per heavy atom. The predicted octanol–water partition coefficient (Wildman–Crippen LogP) is 1.70. The molecule has 0 bridgehead atoms. The lowest BCUT2D eigenvalue weighted by molar-refractivity contribution is 0.863. The fourth-order valence-electron chi connectivity index (χ4n) is 0.567. The molecule has 0 N–H and O–H groups in total. The molecule has 0 amide bonds. The van der Waals surface area contributed by atoms with Gasteiger partial charge in [-0.1, -0.05) is 25.4 Å². The highest BCUT2D eigenvalue weighted by atomic mass is 35.5. The van der Waals surface area contributed by atoms with Crippen LogP contribution >= 0.6 is 11.6 Å². The van der Waals surface area contributed by atoms with E-state index in [0.717, 1.165) is 5.71 Å². The molecule has 0 aromatic heterocycles. The molecule has 0 saturated carbocycles. The van der Waals surface area contributed by atoms with Crippen molar-refractivity contribution in [1.82, 2.24) is 5.43 Å². The molecule has 0 unspecified atom stereocenters. The number of rotatable bonds is 1. The van der Waals surface area contributed by atoms with Crippen molar-refractivity contribution >= 4 is 17.3 Å². The van der Waals surface area contributed by atoms with E-state index in [9.17, 15) is 0 Å². The number of halogens is 1. The van der Waals surface area contributed by atoms with Crippen LogP contribution in [0.15, 0.2) is 16.3 Å². The van der Waals surface area contributed by atoms with Gasteiger partial charge in [-0.2, -0.15) is 5.10 Å². The zero-order valence-electron chi connectivity index (χ0n) is 5.43. The van der Waals surface area contributed by atoms with E-state index in [1.165, 1.54) is 0 Å². The van der Waals surface area contributed by atoms with E-state index in [-0.39, 0.29) is 0 Å². The van der Waals surface area contributed by atoms with Crippen molar-refractivity contribution in [1.29, 1.82) is 0 Å². The van der Waals surface area contributed by atoms with Crippen LogP contribution in [0.25, 0.3) is 0 Å². The fourth-order valence-corrected chi connectivity index (χ4v) is 0.717. The number of allylic oxidation sites excluding steroid dienone is 1. The number of hydrogen-bond acceptors (Lipinski definition) is 1. The van der Waals surface area contributed by atoms with Crippen LogP contribution in [0.2, 0.25) is 0 Å². The molecule has 0 spiro atoms. The summed E-state index contributed by atoms with van der Waals surface area (Å²) >= 11 is 5.53. The molecule has 1 rings (SSSR count). The molecule has 3 heteroatoms. The predicted molar refractivity (Wildman–Crippen MR) is 38.3 cm³/mol. The number of nitrogens with zero attached hydrogens (tertiary/aromatic N) is 2. The average molecular weight is 144 g/mol. The Bertz CT molecular complexity index is 170. The van der Waals surface area contributed by atoms with Gasteiger partial charge < -0.3 is 0 Å². The van der Waals surface area contributed by atoms with Gasteiger partial charge in [0.1, 0.15) is 0 Å². The van der Waals surface area contributed by atoms with Crippen molar-refractivity contribution in [3.63, 3.8) is 0 Å². The van der Waals surface area contributed by atoms with E-state index in [1.807, 2.05) is 0 Å². The van der Waals surface area contributed by atoms with Crippen molar-refractivity contribution in [2.75, 3.05) is 0 Å². The summed E-state index contributed by atoms with van der Waals surface area (Å²) in [7, 11) is 0. The Morgan fingerprint density at radius 2 is 2.22 bits per heavy atom. The normalized spacial score (nSPS) is 17.3. The third kappa shape index (κ3) is 1.45. The molecule has 1 heterocycles. The monoisotopic (exact) mass is 143 g/mol. The molecule has 0 aromatic carbocycles. The second-order valence-corrected chi connectivity index (χ2v) is 2.63. The Morgan fingerprint density at radius 3 is 2.44 bits per heavy atom. The minimum Gasteiger partial charge on any atom is -0.154 e. The molecule has 0 fully saturated rings. The molecule has 0 aromatic rings. The van der Waals surface area contributed by atoms with Gasteiger partial charge in [0.2, 0.25) is 0 Å². The first-order chi connectivity index (χ1) is 4.20. The van der Waals surface area contributed by atoms with Crippen molar-refractivity contribution in [2.24, 2.45) is 11.0 Å². The van der Waals surface area contributed by atoms with Crippen molar-refractivity contribution < 1.29 is 0 Å². The van der Waals surface area contributed by atoms with Crippen LogP contribution in [0.5, 0.6) is 0 Å². The summed E-state index contributed by atoms with van der Waals surface area (Å²) in [5, 5.41) is 4.32. The second kappa shape index (κ2) is 2.40. The van der Waals surface area contributed by atoms with Gasteiger partial charge in [0.05, 0.1) is 5.71 Å². The first kappa shape index (κ1) is 6.62. The first-order valence-electron chi connectivity index (χ1n) is 2.86. The Labute approximate surface area is 59.6 Å². The van der Waals surface area contributed by atoms with Gasteiger partial charge in [-0.15, -0.1) is 5.43 Å². The second-order valence-electron chi connectivity index (χ2n) is 2.25. The topological polar surface area (TPSA) is 26.5 Å². The molecule has 1 aliphatic heterocycles. The highest BCUT2D eigenvalue weighted by molar-refractivity contribution is 6.31. The van der Waals surface area contributed by atoms with Crippen LogP contribution in [0, 0.1) is 5.92 Å². The zero-order valence-corrected chi connectivity index (χ0v) is 6.18. The first-order valence-corrected chi connectivity index (χ1v) is 3.23. The SMILES string of the molecule is CC(C)C1=N[N]C(Cl)=C1. The maximum absolute atomic E-state index is 5.53. The van der Waals surface area contributed by atoms with Crippen LogP contribution < -0.4 is 5.43 Å². The lowest BCUT2D eigenvalue weighted by Crippen LogP contribution is -2.00. The molecule has 1 aliphatic rings. The fraction of sp³-hybridized carbons (Fsp3) is 0.500. The van der Waals surface area contributed by atoms with E-state index in [2.05, 4.69) is 24.4 Å². The van der Waals surface area contributed by atoms with Crippen molar-refractivity contribution in [3.05, 3.63) is 11.2 Å². The lowest BCUT2D eigenvalue weighted by Gasteiger charge is -1.96. The molecule has 0 aliphatic carbocycles. The third-order valence-electron chi connectivity index (χ3n) is 1.12. The van der Waals surface area contributed by atoms with Gasteiger partial charge in [-0.25, -0.2) is 0 Å². The summed E-state index contributed by atoms with van der Waals surface area (Å²) in [5.41, 5.74) is 4.61. The minimum atomic E-state index is 0.421. The largest absolute Gasteiger partial charge is 0.154 e. The van der Waals surface area contributed by atoms with E-state index < -0.39 is 0 Å². The van der Waals surface area contributed by atoms with E-state index in [4.69, 9.17) is 11.6 Å². The highest BCUT2D eigenvalue weighted by Crippen LogP contribution is 2.10. The maximum atomic E-state index is 5.53. The van der Waals surface area contributed by atoms with Gasteiger partial charge in [0, 0.05) is 6.08 Å².